The van der Waals surface area contributed by atoms with E-state index in [1.54, 1.807) is 0 Å². The number of para-hydroxylation sites is 1. The number of nitrogens with zero attached hydrogens (tertiary/aromatic N) is 5. The van der Waals surface area contributed by atoms with Gasteiger partial charge in [0.25, 0.3) is 5.91 Å². The molecule has 6 heteroatoms. The third kappa shape index (κ3) is 5.76. The molecular formula is C33H39N5O. The van der Waals surface area contributed by atoms with Crippen molar-refractivity contribution >= 4 is 11.6 Å². The monoisotopic (exact) mass is 521 g/mol. The number of amides is 1. The van der Waals surface area contributed by atoms with E-state index in [0.717, 1.165) is 61.9 Å². The second-order valence-corrected chi connectivity index (χ2v) is 10.5. The molecule has 6 nitrogen and oxygen atoms in total. The summed E-state index contributed by atoms with van der Waals surface area (Å²) in [6, 6.07) is 26.8. The smallest absolute Gasteiger partial charge is 0.274 e. The van der Waals surface area contributed by atoms with Crippen molar-refractivity contribution in [1.29, 1.82) is 0 Å². The highest BCUT2D eigenvalue weighted by molar-refractivity contribution is 5.94. The Balaban J connectivity index is 1.22. The number of aryl methyl sites for hydroxylation is 1. The zero-order chi connectivity index (χ0) is 27.4. The first-order valence-corrected chi connectivity index (χ1v) is 13.9. The normalized spacial score (nSPS) is 14.0. The van der Waals surface area contributed by atoms with Crippen LogP contribution < -0.4 is 4.90 Å². The van der Waals surface area contributed by atoms with Crippen molar-refractivity contribution in [2.75, 3.05) is 51.2 Å². The Kier molecular flexibility index (Phi) is 8.13. The van der Waals surface area contributed by atoms with E-state index in [1.807, 2.05) is 67.4 Å². The fraction of sp³-hybridized carbons (Fsp3) is 0.333. The van der Waals surface area contributed by atoms with Crippen LogP contribution in [0.2, 0.25) is 0 Å². The second-order valence-electron chi connectivity index (χ2n) is 10.5. The Labute approximate surface area is 232 Å². The van der Waals surface area contributed by atoms with Crippen LogP contribution in [0.3, 0.4) is 0 Å². The topological polar surface area (TPSA) is 44.6 Å². The number of carbonyl (C=O) groups excluding carboxylic acids is 1. The maximum absolute atomic E-state index is 13.6. The Morgan fingerprint density at radius 3 is 2.21 bits per heavy atom. The zero-order valence-corrected chi connectivity index (χ0v) is 23.6. The van der Waals surface area contributed by atoms with Crippen molar-refractivity contribution in [2.45, 2.75) is 27.2 Å². The van der Waals surface area contributed by atoms with Gasteiger partial charge >= 0.3 is 0 Å². The third-order valence-corrected chi connectivity index (χ3v) is 7.96. The summed E-state index contributed by atoms with van der Waals surface area (Å²) >= 11 is 0. The van der Waals surface area contributed by atoms with Crippen molar-refractivity contribution in [2.24, 2.45) is 0 Å². The highest BCUT2D eigenvalue weighted by atomic mass is 16.2. The summed E-state index contributed by atoms with van der Waals surface area (Å²) in [6.07, 6.45) is 0.940. The highest BCUT2D eigenvalue weighted by Gasteiger charge is 2.24. The molecule has 5 rings (SSSR count). The number of benzene rings is 3. The van der Waals surface area contributed by atoms with Gasteiger partial charge in [-0.25, -0.2) is 4.98 Å². The SMILES string of the molecule is Cc1cccc(N2CCN(CCCN(C)C(=O)c3nc(-c4ccccc4)n(-c4ccccc4)c3C)CC2)c1C. The fourth-order valence-corrected chi connectivity index (χ4v) is 5.48. The number of hydrogen-bond donors (Lipinski definition) is 0. The van der Waals surface area contributed by atoms with Crippen LogP contribution in [-0.4, -0.2) is 71.6 Å². The first kappa shape index (κ1) is 26.7. The molecule has 0 bridgehead atoms. The molecule has 39 heavy (non-hydrogen) atoms. The van der Waals surface area contributed by atoms with E-state index in [9.17, 15) is 4.79 Å². The van der Waals surface area contributed by atoms with Gasteiger partial charge in [-0.15, -0.1) is 0 Å². The molecule has 1 aliphatic rings. The summed E-state index contributed by atoms with van der Waals surface area (Å²) in [7, 11) is 1.89. The van der Waals surface area contributed by atoms with E-state index >= 15 is 0 Å². The van der Waals surface area contributed by atoms with Crippen LogP contribution in [0.1, 0.15) is 33.7 Å². The minimum Gasteiger partial charge on any atom is -0.369 e. The third-order valence-electron chi connectivity index (χ3n) is 7.96. The van der Waals surface area contributed by atoms with Crippen molar-refractivity contribution in [3.8, 4) is 17.1 Å². The highest BCUT2D eigenvalue weighted by Crippen LogP contribution is 2.27. The maximum atomic E-state index is 13.6. The molecule has 1 fully saturated rings. The summed E-state index contributed by atoms with van der Waals surface area (Å²) in [5.74, 6) is 0.761. The molecule has 0 N–H and O–H groups in total. The zero-order valence-electron chi connectivity index (χ0n) is 23.6. The van der Waals surface area contributed by atoms with E-state index in [4.69, 9.17) is 4.98 Å². The minimum atomic E-state index is -0.0286. The van der Waals surface area contributed by atoms with Crippen LogP contribution in [0.4, 0.5) is 5.69 Å². The molecule has 1 amide bonds. The summed E-state index contributed by atoms with van der Waals surface area (Å²) in [5.41, 5.74) is 7.46. The quantitative estimate of drug-likeness (QED) is 0.296. The average molecular weight is 522 g/mol. The Morgan fingerprint density at radius 2 is 1.51 bits per heavy atom. The van der Waals surface area contributed by atoms with Crippen LogP contribution in [0.15, 0.2) is 78.9 Å². The van der Waals surface area contributed by atoms with Gasteiger partial charge in [0.15, 0.2) is 0 Å². The van der Waals surface area contributed by atoms with Crippen LogP contribution in [0, 0.1) is 20.8 Å². The van der Waals surface area contributed by atoms with E-state index < -0.39 is 0 Å². The number of piperazine rings is 1. The number of imidazole rings is 1. The van der Waals surface area contributed by atoms with Crippen LogP contribution in [0.5, 0.6) is 0 Å². The molecular weight excluding hydrogens is 482 g/mol. The van der Waals surface area contributed by atoms with E-state index in [0.29, 0.717) is 12.2 Å². The molecule has 0 aliphatic carbocycles. The van der Waals surface area contributed by atoms with Gasteiger partial charge in [0.05, 0.1) is 5.69 Å². The lowest BCUT2D eigenvalue weighted by molar-refractivity contribution is 0.0782. The summed E-state index contributed by atoms with van der Waals surface area (Å²) in [4.78, 5) is 25.3. The molecule has 1 saturated heterocycles. The molecule has 0 atom stereocenters. The molecule has 0 spiro atoms. The van der Waals surface area contributed by atoms with Gasteiger partial charge in [0, 0.05) is 56.7 Å². The standard InChI is InChI=1S/C33H39N5O/c1-25-13-11-18-30(26(25)2)37-23-21-36(22-24-37)20-12-19-35(4)33(39)31-27(3)38(29-16-9-6-10-17-29)32(34-31)28-14-7-5-8-15-28/h5-11,13-18H,12,19-24H2,1-4H3. The van der Waals surface area contributed by atoms with Crippen LogP contribution in [-0.2, 0) is 0 Å². The number of hydrogen-bond acceptors (Lipinski definition) is 4. The number of carbonyl (C=O) groups is 1. The second kappa shape index (κ2) is 11.9. The Hall–Kier alpha value is -3.90. The molecule has 1 aliphatic heterocycles. The number of rotatable bonds is 8. The van der Waals surface area contributed by atoms with Crippen molar-refractivity contribution in [1.82, 2.24) is 19.4 Å². The molecule has 0 unspecified atom stereocenters. The van der Waals surface area contributed by atoms with Gasteiger partial charge in [0.2, 0.25) is 0 Å². The molecule has 0 radical (unpaired) electrons. The van der Waals surface area contributed by atoms with Gasteiger partial charge in [-0.3, -0.25) is 14.3 Å². The average Bonchev–Trinajstić information content (AvgIpc) is 3.32. The number of anilines is 1. The molecule has 4 aromatic rings. The predicted molar refractivity (Wildman–Crippen MR) is 160 cm³/mol. The summed E-state index contributed by atoms with van der Waals surface area (Å²) in [6.45, 7) is 12.3. The lowest BCUT2D eigenvalue weighted by atomic mass is 10.1. The largest absolute Gasteiger partial charge is 0.369 e. The minimum absolute atomic E-state index is 0.0286. The van der Waals surface area contributed by atoms with Crippen LogP contribution >= 0.6 is 0 Å². The number of aromatic nitrogens is 2. The molecule has 0 saturated carbocycles. The van der Waals surface area contributed by atoms with Gasteiger partial charge in [-0.2, -0.15) is 0 Å². The first-order valence-electron chi connectivity index (χ1n) is 13.9. The lowest BCUT2D eigenvalue weighted by Crippen LogP contribution is -2.47. The summed E-state index contributed by atoms with van der Waals surface area (Å²) in [5, 5.41) is 0. The fourth-order valence-electron chi connectivity index (χ4n) is 5.48. The van der Waals surface area contributed by atoms with Gasteiger partial charge < -0.3 is 9.80 Å². The maximum Gasteiger partial charge on any atom is 0.274 e. The van der Waals surface area contributed by atoms with Crippen molar-refractivity contribution in [3.05, 3.63) is 101 Å². The Bertz CT molecular complexity index is 1410. The van der Waals surface area contributed by atoms with Gasteiger partial charge in [-0.1, -0.05) is 60.7 Å². The molecule has 2 heterocycles. The van der Waals surface area contributed by atoms with Crippen LogP contribution in [0.25, 0.3) is 17.1 Å². The van der Waals surface area contributed by atoms with Gasteiger partial charge in [-0.05, 0) is 63.1 Å². The summed E-state index contributed by atoms with van der Waals surface area (Å²) < 4.78 is 2.09. The lowest BCUT2D eigenvalue weighted by Gasteiger charge is -2.37. The molecule has 202 valence electrons. The van der Waals surface area contributed by atoms with E-state index in [1.165, 1.54) is 16.8 Å². The van der Waals surface area contributed by atoms with Gasteiger partial charge in [0.1, 0.15) is 11.5 Å². The first-order chi connectivity index (χ1) is 18.9. The molecule has 3 aromatic carbocycles. The van der Waals surface area contributed by atoms with Crippen molar-refractivity contribution in [3.63, 3.8) is 0 Å². The Morgan fingerprint density at radius 1 is 0.846 bits per heavy atom. The molecule has 1 aromatic heterocycles. The van der Waals surface area contributed by atoms with E-state index in [2.05, 4.69) is 58.5 Å². The van der Waals surface area contributed by atoms with Crippen molar-refractivity contribution < 1.29 is 4.79 Å². The van der Waals surface area contributed by atoms with E-state index in [-0.39, 0.29) is 5.91 Å². The predicted octanol–water partition coefficient (Wildman–Crippen LogP) is 5.75.